The van der Waals surface area contributed by atoms with Crippen LogP contribution in [0.5, 0.6) is 0 Å². The maximum absolute atomic E-state index is 13.1. The van der Waals surface area contributed by atoms with Crippen LogP contribution in [0.15, 0.2) is 48.5 Å². The minimum atomic E-state index is -4.55. The summed E-state index contributed by atoms with van der Waals surface area (Å²) in [5.41, 5.74) is 1.38. The van der Waals surface area contributed by atoms with Gasteiger partial charge in [-0.1, -0.05) is 43.3 Å². The van der Waals surface area contributed by atoms with Gasteiger partial charge in [0.25, 0.3) is 5.91 Å². The average Bonchev–Trinajstić information content (AvgIpc) is 2.67. The molecule has 0 spiro atoms. The number of benzene rings is 2. The van der Waals surface area contributed by atoms with E-state index in [2.05, 4.69) is 22.3 Å². The second-order valence-electron chi connectivity index (χ2n) is 6.80. The van der Waals surface area contributed by atoms with E-state index in [9.17, 15) is 18.0 Å². The number of carbonyl (C=O) groups excluding carboxylic acids is 1. The lowest BCUT2D eigenvalue weighted by Gasteiger charge is -2.35. The molecule has 0 aromatic heterocycles. The number of hydrogen-bond donors (Lipinski definition) is 1. The van der Waals surface area contributed by atoms with Gasteiger partial charge in [0.2, 0.25) is 0 Å². The van der Waals surface area contributed by atoms with Crippen LogP contribution >= 0.6 is 0 Å². The van der Waals surface area contributed by atoms with E-state index < -0.39 is 17.6 Å². The molecule has 1 aliphatic rings. The Bertz CT molecular complexity index is 804. The molecule has 1 aliphatic heterocycles. The molecule has 1 amide bonds. The molecular weight excluding hydrogens is 353 g/mol. The molecule has 1 heterocycles. The highest BCUT2D eigenvalue weighted by Crippen LogP contribution is 2.31. The van der Waals surface area contributed by atoms with Gasteiger partial charge in [-0.05, 0) is 36.1 Å². The molecular formula is C21H23F3N2O. The predicted molar refractivity (Wildman–Crippen MR) is 98.4 cm³/mol. The van der Waals surface area contributed by atoms with Crippen molar-refractivity contribution in [3.63, 3.8) is 0 Å². The maximum Gasteiger partial charge on any atom is 0.417 e. The quantitative estimate of drug-likeness (QED) is 0.845. The molecule has 27 heavy (non-hydrogen) atoms. The summed E-state index contributed by atoms with van der Waals surface area (Å²) in [6.07, 6.45) is -2.80. The predicted octanol–water partition coefficient (Wildman–Crippen LogP) is 4.27. The average molecular weight is 376 g/mol. The first-order valence-electron chi connectivity index (χ1n) is 9.15. The summed E-state index contributed by atoms with van der Waals surface area (Å²) in [5.74, 6) is -0.682. The summed E-state index contributed by atoms with van der Waals surface area (Å²) in [4.78, 5) is 14.7. The Balaban J connectivity index is 1.66. The fraction of sp³-hybridized carbons (Fsp3) is 0.381. The van der Waals surface area contributed by atoms with Crippen LogP contribution in [0.4, 0.5) is 13.2 Å². The molecule has 6 heteroatoms. The first-order valence-corrected chi connectivity index (χ1v) is 9.15. The number of nitrogens with zero attached hydrogens (tertiary/aromatic N) is 1. The molecule has 3 rings (SSSR count). The van der Waals surface area contributed by atoms with E-state index in [0.29, 0.717) is 6.54 Å². The van der Waals surface area contributed by atoms with E-state index in [4.69, 9.17) is 0 Å². The third kappa shape index (κ3) is 4.50. The molecule has 2 aromatic rings. The van der Waals surface area contributed by atoms with Crippen molar-refractivity contribution in [3.8, 4) is 0 Å². The van der Waals surface area contributed by atoms with Gasteiger partial charge < -0.3 is 5.32 Å². The van der Waals surface area contributed by atoms with Crippen LogP contribution in [0.2, 0.25) is 0 Å². The Labute approximate surface area is 157 Å². The first-order chi connectivity index (χ1) is 12.9. The molecule has 0 radical (unpaired) electrons. The number of hydrogen-bond acceptors (Lipinski definition) is 2. The lowest BCUT2D eigenvalue weighted by Crippen LogP contribution is -2.45. The van der Waals surface area contributed by atoms with Gasteiger partial charge in [0.1, 0.15) is 0 Å². The Hall–Kier alpha value is -2.34. The first kappa shape index (κ1) is 19.4. The van der Waals surface area contributed by atoms with Gasteiger partial charge in [-0.2, -0.15) is 13.2 Å². The molecule has 0 aliphatic carbocycles. The van der Waals surface area contributed by atoms with Gasteiger partial charge in [0, 0.05) is 25.7 Å². The van der Waals surface area contributed by atoms with Gasteiger partial charge in [-0.15, -0.1) is 0 Å². The van der Waals surface area contributed by atoms with Crippen molar-refractivity contribution in [3.05, 3.63) is 70.8 Å². The van der Waals surface area contributed by atoms with E-state index in [0.717, 1.165) is 32.0 Å². The largest absolute Gasteiger partial charge is 0.417 e. The van der Waals surface area contributed by atoms with Crippen LogP contribution < -0.4 is 5.32 Å². The lowest BCUT2D eigenvalue weighted by molar-refractivity contribution is -0.137. The van der Waals surface area contributed by atoms with Gasteiger partial charge in [-0.25, -0.2) is 0 Å². The van der Waals surface area contributed by atoms with Crippen LogP contribution in [0.25, 0.3) is 0 Å². The number of nitrogens with one attached hydrogen (secondary N) is 1. The molecule has 0 unspecified atom stereocenters. The fourth-order valence-corrected chi connectivity index (χ4v) is 3.59. The van der Waals surface area contributed by atoms with Crippen LogP contribution in [-0.4, -0.2) is 29.9 Å². The van der Waals surface area contributed by atoms with Gasteiger partial charge in [-0.3, -0.25) is 9.69 Å². The molecule has 1 N–H and O–H groups in total. The Morgan fingerprint density at radius 1 is 1.11 bits per heavy atom. The van der Waals surface area contributed by atoms with Crippen LogP contribution in [0.1, 0.15) is 40.4 Å². The monoisotopic (exact) mass is 376 g/mol. The van der Waals surface area contributed by atoms with Crippen molar-refractivity contribution in [1.82, 2.24) is 10.2 Å². The number of carbonyl (C=O) groups is 1. The van der Waals surface area contributed by atoms with Gasteiger partial charge >= 0.3 is 6.18 Å². The summed E-state index contributed by atoms with van der Waals surface area (Å²) in [5, 5.41) is 2.70. The Morgan fingerprint density at radius 2 is 1.78 bits per heavy atom. The zero-order valence-corrected chi connectivity index (χ0v) is 15.2. The number of rotatable bonds is 5. The third-order valence-electron chi connectivity index (χ3n) is 5.12. The molecule has 2 aromatic carbocycles. The summed E-state index contributed by atoms with van der Waals surface area (Å²) in [7, 11) is 0. The number of fused-ring (bicyclic) bond motifs is 1. The van der Waals surface area contributed by atoms with Crippen molar-refractivity contribution in [2.75, 3.05) is 13.1 Å². The molecule has 0 bridgehead atoms. The zero-order valence-electron chi connectivity index (χ0n) is 15.2. The summed E-state index contributed by atoms with van der Waals surface area (Å²) < 4.78 is 39.4. The summed E-state index contributed by atoms with van der Waals surface area (Å²) in [6.45, 7) is 4.03. The molecule has 0 fully saturated rings. The van der Waals surface area contributed by atoms with Gasteiger partial charge in [0.15, 0.2) is 0 Å². The van der Waals surface area contributed by atoms with E-state index in [1.807, 2.05) is 19.1 Å². The summed E-state index contributed by atoms with van der Waals surface area (Å²) in [6, 6.07) is 13.3. The van der Waals surface area contributed by atoms with E-state index >= 15 is 0 Å². The second kappa shape index (κ2) is 8.13. The summed E-state index contributed by atoms with van der Waals surface area (Å²) >= 11 is 0. The number of halogens is 3. The van der Waals surface area contributed by atoms with Gasteiger partial charge in [0.05, 0.1) is 11.1 Å². The minimum absolute atomic E-state index is 0.0837. The highest BCUT2D eigenvalue weighted by molar-refractivity contribution is 5.95. The Morgan fingerprint density at radius 3 is 2.48 bits per heavy atom. The number of alkyl halides is 3. The highest BCUT2D eigenvalue weighted by Gasteiger charge is 2.35. The third-order valence-corrected chi connectivity index (χ3v) is 5.12. The van der Waals surface area contributed by atoms with Crippen LogP contribution in [-0.2, 0) is 19.1 Å². The lowest BCUT2D eigenvalue weighted by atomic mass is 9.98. The smallest absolute Gasteiger partial charge is 0.350 e. The van der Waals surface area contributed by atoms with Crippen molar-refractivity contribution < 1.29 is 18.0 Å². The van der Waals surface area contributed by atoms with Crippen molar-refractivity contribution in [2.24, 2.45) is 0 Å². The topological polar surface area (TPSA) is 32.3 Å². The molecule has 1 atom stereocenters. The standard InChI is InChI=1S/C21H23F3N2O/c1-2-17(26-12-11-15-7-3-4-8-16(15)14-26)13-25-20(27)18-9-5-6-10-19(18)21(22,23)24/h3-10,17H,2,11-14H2,1H3,(H,25,27)/t17-/m1/s1. The highest BCUT2D eigenvalue weighted by atomic mass is 19.4. The van der Waals surface area contributed by atoms with Crippen molar-refractivity contribution in [2.45, 2.75) is 38.5 Å². The second-order valence-corrected chi connectivity index (χ2v) is 6.80. The molecule has 144 valence electrons. The minimum Gasteiger partial charge on any atom is -0.350 e. The zero-order chi connectivity index (χ0) is 19.4. The van der Waals surface area contributed by atoms with E-state index in [1.165, 1.54) is 29.3 Å². The fourth-order valence-electron chi connectivity index (χ4n) is 3.59. The molecule has 3 nitrogen and oxygen atoms in total. The van der Waals surface area contributed by atoms with E-state index in [1.54, 1.807) is 0 Å². The number of amides is 1. The molecule has 0 saturated heterocycles. The maximum atomic E-state index is 13.1. The Kier molecular flexibility index (Phi) is 5.85. The van der Waals surface area contributed by atoms with Crippen LogP contribution in [0, 0.1) is 0 Å². The van der Waals surface area contributed by atoms with E-state index in [-0.39, 0.29) is 11.6 Å². The molecule has 0 saturated carbocycles. The van der Waals surface area contributed by atoms with Crippen molar-refractivity contribution >= 4 is 5.91 Å². The van der Waals surface area contributed by atoms with Crippen molar-refractivity contribution in [1.29, 1.82) is 0 Å². The normalized spacial score (nSPS) is 15.9. The SMILES string of the molecule is CC[C@H](CNC(=O)c1ccccc1C(F)(F)F)N1CCc2ccccc2C1. The van der Waals surface area contributed by atoms with Crippen LogP contribution in [0.3, 0.4) is 0 Å².